The van der Waals surface area contributed by atoms with Crippen molar-refractivity contribution in [3.8, 4) is 28.7 Å². The van der Waals surface area contributed by atoms with Gasteiger partial charge in [0.1, 0.15) is 33.5 Å². The zero-order valence-corrected chi connectivity index (χ0v) is 68.8. The molecule has 0 aliphatic carbocycles. The van der Waals surface area contributed by atoms with Gasteiger partial charge in [0.05, 0.1) is 0 Å². The van der Waals surface area contributed by atoms with Crippen molar-refractivity contribution in [2.45, 2.75) is 52.4 Å². The van der Waals surface area contributed by atoms with Crippen molar-refractivity contribution in [2.75, 3.05) is 0 Å². The van der Waals surface area contributed by atoms with E-state index >= 15 is 0 Å². The van der Waals surface area contributed by atoms with Crippen LogP contribution in [0.3, 0.4) is 0 Å². The maximum Gasteiger partial charge on any atom is 0.188 e. The molecule has 0 aliphatic heterocycles. The predicted molar refractivity (Wildman–Crippen MR) is 458 cm³/mol. The number of pyridine rings is 2. The summed E-state index contributed by atoms with van der Waals surface area (Å²) in [5.41, 5.74) is 13.1. The summed E-state index contributed by atoms with van der Waals surface area (Å²) in [4.78, 5) is 9.95. The predicted octanol–water partition coefficient (Wildman–Crippen LogP) is 17.5. The number of para-hydroxylation sites is 7. The molecule has 0 atom stereocenters. The van der Waals surface area contributed by atoms with E-state index in [2.05, 4.69) is 394 Å². The van der Waals surface area contributed by atoms with Crippen LogP contribution in [0.1, 0.15) is 56.8 Å². The first-order valence-electron chi connectivity index (χ1n) is 38.7. The molecule has 0 radical (unpaired) electrons. The number of fused-ring (bicyclic) bond motifs is 8. The van der Waals surface area contributed by atoms with Crippen molar-refractivity contribution in [1.29, 1.82) is 0 Å². The molecule has 546 valence electrons. The Morgan fingerprint density at radius 3 is 1.06 bits per heavy atom. The number of aryl methyl sites for hydroxylation is 1. The monoisotopic (exact) mass is 1830 g/mol. The van der Waals surface area contributed by atoms with Gasteiger partial charge >= 0.3 is 0 Å². The fraction of sp³-hybridized carbons (Fsp3) is 0.0909. The third-order valence-electron chi connectivity index (χ3n) is 21.7. The number of aromatic nitrogens is 8. The second kappa shape index (κ2) is 30.1. The van der Waals surface area contributed by atoms with Crippen LogP contribution in [-0.4, -0.2) is 53.5 Å². The van der Waals surface area contributed by atoms with Gasteiger partial charge in [0.15, 0.2) is 34.7 Å². The number of nitrogens with zero attached hydrogens (tertiary/aromatic N) is 8. The van der Waals surface area contributed by atoms with E-state index in [0.29, 0.717) is 5.52 Å². The third-order valence-corrected chi connectivity index (χ3v) is 30.9. The Hall–Kier alpha value is -11.5. The van der Waals surface area contributed by atoms with Crippen molar-refractivity contribution >= 4 is 123 Å². The van der Waals surface area contributed by atoms with Gasteiger partial charge in [-0.05, 0) is 114 Å². The topological polar surface area (TPSA) is 55.4 Å². The summed E-state index contributed by atoms with van der Waals surface area (Å²) in [6.45, 7) is 11.1. The Labute approximate surface area is 683 Å². The normalized spacial score (nSPS) is 12.5. The summed E-state index contributed by atoms with van der Waals surface area (Å²) in [6, 6.07) is 134. The zero-order chi connectivity index (χ0) is 76.5. The number of rotatable bonds is 13. The van der Waals surface area contributed by atoms with E-state index in [9.17, 15) is 0 Å². The van der Waals surface area contributed by atoms with Crippen LogP contribution in [0, 0.1) is 24.3 Å². The Kier molecular flexibility index (Phi) is 18.9. The first kappa shape index (κ1) is 69.9. The molecule has 0 unspecified atom stereocenters. The molecule has 0 spiro atoms. The largest absolute Gasteiger partial charge is 0.319 e. The van der Waals surface area contributed by atoms with Gasteiger partial charge in [0.2, 0.25) is 0 Å². The number of hydrogen-bond acceptors (Lipinski definition) is 2. The number of imidazole rings is 2. The van der Waals surface area contributed by atoms with Crippen LogP contribution >= 0.6 is 0 Å². The van der Waals surface area contributed by atoms with E-state index in [1.54, 1.807) is 6.33 Å². The Morgan fingerprint density at radius 1 is 0.315 bits per heavy atom. The van der Waals surface area contributed by atoms with Crippen molar-refractivity contribution in [2.24, 2.45) is 6.98 Å². The van der Waals surface area contributed by atoms with Crippen molar-refractivity contribution in [3.05, 3.63) is 394 Å². The van der Waals surface area contributed by atoms with Crippen LogP contribution in [0.5, 0.6) is 0 Å². The van der Waals surface area contributed by atoms with Gasteiger partial charge in [-0.1, -0.05) is 241 Å². The second-order valence-corrected chi connectivity index (χ2v) is 37.6. The molecular weight excluding hydrogens is 1750 g/mol. The number of benzene rings is 13. The minimum Gasteiger partial charge on any atom is -0.319 e. The molecule has 0 amide bonds. The van der Waals surface area contributed by atoms with Crippen LogP contribution in [0.2, 0.25) is 0 Å². The molecule has 111 heavy (non-hydrogen) atoms. The molecule has 0 saturated carbocycles. The fourth-order valence-corrected chi connectivity index (χ4v) is 25.5. The van der Waals surface area contributed by atoms with E-state index in [1.807, 2.05) is 47.3 Å². The average Bonchev–Trinajstić information content (AvgIpc) is 1.36. The molecule has 8 nitrogen and oxygen atoms in total. The van der Waals surface area contributed by atoms with Gasteiger partial charge in [-0.2, -0.15) is 80.8 Å². The Bertz CT molecular complexity index is 6650. The van der Waals surface area contributed by atoms with Crippen LogP contribution in [0.4, 0.5) is 0 Å². The van der Waals surface area contributed by atoms with E-state index in [0.717, 1.165) is 104 Å². The molecule has 19 aromatic rings. The summed E-state index contributed by atoms with van der Waals surface area (Å²) < 4.78 is 37.3. The van der Waals surface area contributed by atoms with Crippen LogP contribution in [0.15, 0.2) is 359 Å². The first-order valence-corrected chi connectivity index (χ1v) is 41.2. The van der Waals surface area contributed by atoms with Crippen LogP contribution in [0.25, 0.3) is 94.4 Å². The van der Waals surface area contributed by atoms with E-state index in [-0.39, 0.29) is 53.0 Å². The van der Waals surface area contributed by atoms with E-state index in [1.165, 1.54) is 41.8 Å². The molecule has 6 heterocycles. The van der Waals surface area contributed by atoms with Gasteiger partial charge in [-0.25, -0.2) is 23.7 Å². The zero-order valence-electron chi connectivity index (χ0n) is 65.3. The Morgan fingerprint density at radius 2 is 0.658 bits per heavy atom. The third kappa shape index (κ3) is 12.9. The second-order valence-electron chi connectivity index (χ2n) is 30.2. The molecule has 0 aliphatic rings. The van der Waals surface area contributed by atoms with E-state index < -0.39 is 23.1 Å². The molecule has 0 N–H and O–H groups in total. The quantitative estimate of drug-likeness (QED) is 0.0656. The minimum atomic E-state index is -3.17. The van der Waals surface area contributed by atoms with E-state index in [4.69, 9.17) is 14.1 Å². The molecule has 13 aromatic carbocycles. The molecule has 0 bridgehead atoms. The standard InChI is InChI=1S/C52H41N4Si.C47H39N4Si.2Pt/c1-52(2,3)38-32-33-53-51(34-38)56-47-27-14-13-26-45(47)46-31-30-44(36-50(46)56)57(41-21-9-5-10-22-41,42-23-11-6-12-24-42)43-25-17-20-40(35-43)55-37-54(39-18-7-4-8-19-39)48-28-15-16-29-49(48)55;1-47(2,3)34-28-29-48-46(30-34)51-42-23-12-11-22-40(42)41-27-26-39(32-45(41)51)52(36-17-7-5-8-18-36,37-19-9-6-10-20-37)38-21-15-16-35(31-38)50-33-49(4)43-24-13-14-25-44(43)50;;/h4-34,37H,1-3H3;5-30,33H,1-4H3;;/q2*-1;;/i;4D3;;. The Balaban J connectivity index is 0.000000169. The summed E-state index contributed by atoms with van der Waals surface area (Å²) >= 11 is 0. The summed E-state index contributed by atoms with van der Waals surface area (Å²) in [6.07, 6.45) is 7.73. The maximum absolute atomic E-state index is 8.31. The molecule has 12 heteroatoms. The number of hydrogen-bond donors (Lipinski definition) is 0. The molecule has 19 rings (SSSR count). The van der Waals surface area contributed by atoms with Gasteiger partial charge in [-0.15, -0.1) is 40.2 Å². The van der Waals surface area contributed by atoms with Crippen molar-refractivity contribution in [3.63, 3.8) is 0 Å². The summed E-state index contributed by atoms with van der Waals surface area (Å²) in [5, 5.41) is 14.0. The molecule has 0 saturated heterocycles. The first-order chi connectivity index (χ1) is 54.5. The van der Waals surface area contributed by atoms with Gasteiger partial charge in [-0.3, -0.25) is 0 Å². The molecule has 0 fully saturated rings. The van der Waals surface area contributed by atoms with Gasteiger partial charge in [0, 0.05) is 112 Å². The summed E-state index contributed by atoms with van der Waals surface area (Å²) in [7, 11) is -6.25. The van der Waals surface area contributed by atoms with Gasteiger partial charge < -0.3 is 9.13 Å². The average molecular weight is 1830 g/mol. The van der Waals surface area contributed by atoms with Crippen LogP contribution in [-0.2, 0) is 59.9 Å². The maximum atomic E-state index is 8.31. The SMILES string of the molecule is CC(C)(C)c1ccnc(-n2c3[c-]c([Si](c4[c-]c(-n5[cH+]n(-c6ccccc6)c6ccccc65)ccc4)(c4ccccc4)c4ccccc4)ccc3c3ccccc32)c1.[2H]C([2H])([2H])n1[cH+]n(-c2[c-]c([Si](c3[c-]c4c(cc3)c3ccccc3n4-c3cc(C(C)(C)C)ccn3)(c3ccccc3)c3ccccc3)ccc2)c2ccccc21.[Pt].[Pt]. The van der Waals surface area contributed by atoms with Gasteiger partial charge in [0.25, 0.3) is 0 Å². The fourth-order valence-electron chi connectivity index (χ4n) is 16.4. The summed E-state index contributed by atoms with van der Waals surface area (Å²) in [5.74, 6) is 1.75. The molecular formula is C99H80N8Pt2Si2-2. The van der Waals surface area contributed by atoms with Crippen LogP contribution < -0.4 is 41.5 Å². The minimum absolute atomic E-state index is 0. The smallest absolute Gasteiger partial charge is 0.188 e. The van der Waals surface area contributed by atoms with Crippen molar-refractivity contribution in [1.82, 2.24) is 37.4 Å². The molecule has 6 aromatic heterocycles. The van der Waals surface area contributed by atoms with Crippen molar-refractivity contribution < 1.29 is 46.2 Å².